The van der Waals surface area contributed by atoms with Gasteiger partial charge < -0.3 is 13.9 Å². The standard InChI is InChI=1S/C11H14O5/c1-4-14-11(13)10-6-5-9(16-10)7(2)15-8(3)12/h5-7H,4H2,1-3H3. The number of hydrogen-bond acceptors (Lipinski definition) is 5. The SMILES string of the molecule is CCOC(=O)c1ccc(C(C)OC(C)=O)o1. The zero-order valence-corrected chi connectivity index (χ0v) is 9.48. The number of furan rings is 1. The van der Waals surface area contributed by atoms with Gasteiger partial charge in [0.05, 0.1) is 6.61 Å². The van der Waals surface area contributed by atoms with Gasteiger partial charge in [0.15, 0.2) is 6.10 Å². The van der Waals surface area contributed by atoms with Crippen molar-refractivity contribution in [2.45, 2.75) is 26.9 Å². The van der Waals surface area contributed by atoms with Gasteiger partial charge in [0.2, 0.25) is 5.76 Å². The van der Waals surface area contributed by atoms with Crippen molar-refractivity contribution in [2.75, 3.05) is 6.61 Å². The molecule has 5 heteroatoms. The number of carbonyl (C=O) groups is 2. The summed E-state index contributed by atoms with van der Waals surface area (Å²) in [4.78, 5) is 22.0. The molecule has 0 bridgehead atoms. The van der Waals surface area contributed by atoms with E-state index in [-0.39, 0.29) is 12.4 Å². The Kier molecular flexibility index (Phi) is 4.10. The molecule has 0 saturated heterocycles. The van der Waals surface area contributed by atoms with Crippen molar-refractivity contribution in [1.29, 1.82) is 0 Å². The van der Waals surface area contributed by atoms with Crippen LogP contribution in [-0.4, -0.2) is 18.5 Å². The first-order valence-corrected chi connectivity index (χ1v) is 4.98. The molecule has 0 aliphatic heterocycles. The minimum Gasteiger partial charge on any atom is -0.460 e. The highest BCUT2D eigenvalue weighted by atomic mass is 16.6. The fourth-order valence-corrected chi connectivity index (χ4v) is 1.19. The lowest BCUT2D eigenvalue weighted by Crippen LogP contribution is -2.05. The zero-order chi connectivity index (χ0) is 12.1. The van der Waals surface area contributed by atoms with Gasteiger partial charge in [-0.1, -0.05) is 0 Å². The fraction of sp³-hybridized carbons (Fsp3) is 0.455. The molecule has 1 aromatic rings. The molecule has 0 aromatic carbocycles. The van der Waals surface area contributed by atoms with Crippen molar-refractivity contribution in [2.24, 2.45) is 0 Å². The largest absolute Gasteiger partial charge is 0.460 e. The van der Waals surface area contributed by atoms with E-state index in [9.17, 15) is 9.59 Å². The normalized spacial score (nSPS) is 11.9. The third kappa shape index (κ3) is 3.12. The molecule has 0 amide bonds. The second kappa shape index (κ2) is 5.34. The summed E-state index contributed by atoms with van der Waals surface area (Å²) in [6.07, 6.45) is -0.513. The van der Waals surface area contributed by atoms with Gasteiger partial charge in [0.1, 0.15) is 5.76 Å². The summed E-state index contributed by atoms with van der Waals surface area (Å²) in [5.74, 6) is -0.403. The molecule has 1 atom stereocenters. The molecule has 1 unspecified atom stereocenters. The summed E-state index contributed by atoms with van der Waals surface area (Å²) >= 11 is 0. The third-order valence-corrected chi connectivity index (χ3v) is 1.85. The van der Waals surface area contributed by atoms with E-state index >= 15 is 0 Å². The smallest absolute Gasteiger partial charge is 0.374 e. The average Bonchev–Trinajstić information content (AvgIpc) is 2.65. The van der Waals surface area contributed by atoms with Gasteiger partial charge >= 0.3 is 11.9 Å². The van der Waals surface area contributed by atoms with Crippen LogP contribution >= 0.6 is 0 Å². The maximum Gasteiger partial charge on any atom is 0.374 e. The summed E-state index contributed by atoms with van der Waals surface area (Å²) in [5.41, 5.74) is 0. The maximum absolute atomic E-state index is 11.3. The minimum absolute atomic E-state index is 0.107. The van der Waals surface area contributed by atoms with Crippen LogP contribution in [0.5, 0.6) is 0 Å². The topological polar surface area (TPSA) is 65.7 Å². The van der Waals surface area contributed by atoms with Gasteiger partial charge in [-0.3, -0.25) is 4.79 Å². The molecule has 16 heavy (non-hydrogen) atoms. The van der Waals surface area contributed by atoms with Crippen LogP contribution in [0.2, 0.25) is 0 Å². The van der Waals surface area contributed by atoms with Crippen molar-refractivity contribution in [3.63, 3.8) is 0 Å². The van der Waals surface area contributed by atoms with Crippen LogP contribution in [0.4, 0.5) is 0 Å². The third-order valence-electron chi connectivity index (χ3n) is 1.85. The van der Waals surface area contributed by atoms with E-state index in [1.165, 1.54) is 13.0 Å². The van der Waals surface area contributed by atoms with Gasteiger partial charge in [-0.15, -0.1) is 0 Å². The second-order valence-electron chi connectivity index (χ2n) is 3.17. The summed E-state index contributed by atoms with van der Waals surface area (Å²) < 4.78 is 14.9. The molecule has 0 fully saturated rings. The lowest BCUT2D eigenvalue weighted by molar-refractivity contribution is -0.146. The first-order valence-electron chi connectivity index (χ1n) is 4.98. The molecule has 0 spiro atoms. The van der Waals surface area contributed by atoms with Gasteiger partial charge in [-0.25, -0.2) is 4.79 Å². The molecular weight excluding hydrogens is 212 g/mol. The molecule has 88 valence electrons. The lowest BCUT2D eigenvalue weighted by atomic mass is 10.3. The Morgan fingerprint density at radius 1 is 1.44 bits per heavy atom. The molecule has 0 radical (unpaired) electrons. The molecule has 1 aromatic heterocycles. The minimum atomic E-state index is -0.524. The Labute approximate surface area is 93.3 Å². The van der Waals surface area contributed by atoms with Gasteiger partial charge in [-0.05, 0) is 26.0 Å². The van der Waals surface area contributed by atoms with E-state index in [0.29, 0.717) is 5.76 Å². The Bertz CT molecular complexity index is 379. The van der Waals surface area contributed by atoms with Gasteiger partial charge in [0.25, 0.3) is 0 Å². The van der Waals surface area contributed by atoms with E-state index in [1.54, 1.807) is 19.9 Å². The fourth-order valence-electron chi connectivity index (χ4n) is 1.19. The average molecular weight is 226 g/mol. The van der Waals surface area contributed by atoms with Crippen molar-refractivity contribution in [1.82, 2.24) is 0 Å². The maximum atomic E-state index is 11.3. The predicted octanol–water partition coefficient (Wildman–Crippen LogP) is 2.08. The number of rotatable bonds is 4. The number of carbonyl (C=O) groups excluding carboxylic acids is 2. The zero-order valence-electron chi connectivity index (χ0n) is 9.48. The molecule has 0 N–H and O–H groups in total. The first kappa shape index (κ1) is 12.3. The van der Waals surface area contributed by atoms with Crippen molar-refractivity contribution >= 4 is 11.9 Å². The predicted molar refractivity (Wildman–Crippen MR) is 54.8 cm³/mol. The van der Waals surface area contributed by atoms with E-state index in [1.807, 2.05) is 0 Å². The van der Waals surface area contributed by atoms with E-state index < -0.39 is 18.0 Å². The van der Waals surface area contributed by atoms with Crippen molar-refractivity contribution in [3.8, 4) is 0 Å². The van der Waals surface area contributed by atoms with Crippen LogP contribution < -0.4 is 0 Å². The number of esters is 2. The van der Waals surface area contributed by atoms with Crippen molar-refractivity contribution < 1.29 is 23.5 Å². The Morgan fingerprint density at radius 3 is 2.69 bits per heavy atom. The summed E-state index contributed by atoms with van der Waals surface area (Å²) in [6.45, 7) is 4.97. The van der Waals surface area contributed by atoms with Crippen molar-refractivity contribution in [3.05, 3.63) is 23.7 Å². The molecule has 0 aliphatic rings. The Hall–Kier alpha value is -1.78. The summed E-state index contributed by atoms with van der Waals surface area (Å²) in [5, 5.41) is 0. The highest BCUT2D eigenvalue weighted by Crippen LogP contribution is 2.20. The van der Waals surface area contributed by atoms with Crippen LogP contribution in [0.1, 0.15) is 43.2 Å². The van der Waals surface area contributed by atoms with Crippen LogP contribution in [0, 0.1) is 0 Å². The van der Waals surface area contributed by atoms with Crippen LogP contribution in [0.25, 0.3) is 0 Å². The molecule has 5 nitrogen and oxygen atoms in total. The molecular formula is C11H14O5. The molecule has 0 saturated carbocycles. The van der Waals surface area contributed by atoms with Crippen LogP contribution in [0.3, 0.4) is 0 Å². The Balaban J connectivity index is 2.70. The monoisotopic (exact) mass is 226 g/mol. The molecule has 1 heterocycles. The molecule has 1 rings (SSSR count). The van der Waals surface area contributed by atoms with E-state index in [4.69, 9.17) is 13.9 Å². The molecule has 0 aliphatic carbocycles. The van der Waals surface area contributed by atoms with Gasteiger partial charge in [-0.2, -0.15) is 0 Å². The quantitative estimate of drug-likeness (QED) is 0.735. The lowest BCUT2D eigenvalue weighted by Gasteiger charge is -2.07. The summed E-state index contributed by atoms with van der Waals surface area (Å²) in [6, 6.07) is 3.08. The van der Waals surface area contributed by atoms with Crippen LogP contribution in [0.15, 0.2) is 16.5 Å². The Morgan fingerprint density at radius 2 is 2.12 bits per heavy atom. The highest BCUT2D eigenvalue weighted by Gasteiger charge is 2.17. The number of hydrogen-bond donors (Lipinski definition) is 0. The summed E-state index contributed by atoms with van der Waals surface area (Å²) in [7, 11) is 0. The van der Waals surface area contributed by atoms with E-state index in [2.05, 4.69) is 0 Å². The van der Waals surface area contributed by atoms with Gasteiger partial charge in [0, 0.05) is 6.92 Å². The number of ether oxygens (including phenoxy) is 2. The first-order chi connectivity index (χ1) is 7.54. The van der Waals surface area contributed by atoms with Crippen LogP contribution in [-0.2, 0) is 14.3 Å². The van der Waals surface area contributed by atoms with E-state index in [0.717, 1.165) is 0 Å². The highest BCUT2D eigenvalue weighted by molar-refractivity contribution is 5.86. The second-order valence-corrected chi connectivity index (χ2v) is 3.17.